The van der Waals surface area contributed by atoms with E-state index in [2.05, 4.69) is 0 Å². The summed E-state index contributed by atoms with van der Waals surface area (Å²) >= 11 is 0.798. The number of nitro groups is 1. The number of nitro benzene ring substituents is 1. The molecule has 0 radical (unpaired) electrons. The summed E-state index contributed by atoms with van der Waals surface area (Å²) in [5.41, 5.74) is -0.149. The second kappa shape index (κ2) is 5.79. The highest BCUT2D eigenvalue weighted by molar-refractivity contribution is 7.99. The van der Waals surface area contributed by atoms with E-state index < -0.39 is 16.6 Å². The minimum absolute atomic E-state index is 0.0633. The third-order valence-electron chi connectivity index (χ3n) is 2.43. The van der Waals surface area contributed by atoms with Crippen molar-refractivity contribution >= 4 is 23.7 Å². The summed E-state index contributed by atoms with van der Waals surface area (Å²) in [7, 11) is 0. The second-order valence-corrected chi connectivity index (χ2v) is 4.86. The van der Waals surface area contributed by atoms with Crippen LogP contribution in [0.15, 0.2) is 46.2 Å². The molecule has 7 heteroatoms. The summed E-state index contributed by atoms with van der Waals surface area (Å²) < 4.78 is 26.3. The zero-order valence-corrected chi connectivity index (χ0v) is 10.7. The lowest BCUT2D eigenvalue weighted by Crippen LogP contribution is -1.93. The molecule has 0 fully saturated rings. The summed E-state index contributed by atoms with van der Waals surface area (Å²) in [5, 5.41) is 10.9. The third-order valence-corrected chi connectivity index (χ3v) is 3.55. The van der Waals surface area contributed by atoms with Crippen molar-refractivity contribution < 1.29 is 18.5 Å². The molecule has 0 unspecified atom stereocenters. The van der Waals surface area contributed by atoms with Crippen LogP contribution in [0.3, 0.4) is 0 Å². The Morgan fingerprint density at radius 3 is 2.40 bits per heavy atom. The topological polar surface area (TPSA) is 60.2 Å². The van der Waals surface area contributed by atoms with Gasteiger partial charge in [0, 0.05) is 22.6 Å². The van der Waals surface area contributed by atoms with Gasteiger partial charge in [-0.05, 0) is 18.2 Å². The quantitative estimate of drug-likeness (QED) is 0.488. The Bertz CT molecular complexity index is 691. The van der Waals surface area contributed by atoms with Gasteiger partial charge in [0.15, 0.2) is 0 Å². The molecule has 0 atom stereocenters. The molecule has 102 valence electrons. The maximum atomic E-state index is 13.5. The number of benzene rings is 2. The molecule has 0 spiro atoms. The van der Waals surface area contributed by atoms with Crippen molar-refractivity contribution in [1.82, 2.24) is 0 Å². The minimum atomic E-state index is -0.802. The summed E-state index contributed by atoms with van der Waals surface area (Å²) in [6.45, 7) is 0. The van der Waals surface area contributed by atoms with E-state index in [1.54, 1.807) is 0 Å². The van der Waals surface area contributed by atoms with E-state index in [-0.39, 0.29) is 21.0 Å². The summed E-state index contributed by atoms with van der Waals surface area (Å²) in [4.78, 5) is 21.1. The van der Waals surface area contributed by atoms with Crippen LogP contribution in [0.2, 0.25) is 0 Å². The van der Waals surface area contributed by atoms with Gasteiger partial charge in [0.1, 0.15) is 17.9 Å². The summed E-state index contributed by atoms with van der Waals surface area (Å²) in [6, 6.07) is 6.83. The smallest absolute Gasteiger partial charge is 0.283 e. The van der Waals surface area contributed by atoms with Crippen LogP contribution in [-0.4, -0.2) is 11.2 Å². The molecule has 0 aliphatic heterocycles. The van der Waals surface area contributed by atoms with Crippen molar-refractivity contribution in [1.29, 1.82) is 0 Å². The van der Waals surface area contributed by atoms with E-state index in [9.17, 15) is 23.7 Å². The van der Waals surface area contributed by atoms with Crippen molar-refractivity contribution in [2.75, 3.05) is 0 Å². The highest BCUT2D eigenvalue weighted by Gasteiger charge is 2.17. The molecule has 0 amide bonds. The molecule has 0 N–H and O–H groups in total. The van der Waals surface area contributed by atoms with E-state index in [1.807, 2.05) is 0 Å². The summed E-state index contributed by atoms with van der Waals surface area (Å²) in [6.07, 6.45) is 0.486. The van der Waals surface area contributed by atoms with Crippen molar-refractivity contribution in [3.63, 3.8) is 0 Å². The zero-order valence-electron chi connectivity index (χ0n) is 9.88. The Morgan fingerprint density at radius 2 is 1.80 bits per heavy atom. The van der Waals surface area contributed by atoms with Gasteiger partial charge in [-0.1, -0.05) is 17.8 Å². The average molecular weight is 295 g/mol. The zero-order chi connectivity index (χ0) is 14.7. The van der Waals surface area contributed by atoms with Crippen molar-refractivity contribution in [3.8, 4) is 0 Å². The maximum absolute atomic E-state index is 13.5. The van der Waals surface area contributed by atoms with Crippen LogP contribution in [0.5, 0.6) is 0 Å². The molecule has 0 heterocycles. The van der Waals surface area contributed by atoms with Crippen LogP contribution in [0.25, 0.3) is 0 Å². The Morgan fingerprint density at radius 1 is 1.10 bits per heavy atom. The molecule has 20 heavy (non-hydrogen) atoms. The van der Waals surface area contributed by atoms with Crippen molar-refractivity contribution in [2.24, 2.45) is 0 Å². The number of hydrogen-bond acceptors (Lipinski definition) is 4. The lowest BCUT2D eigenvalue weighted by molar-refractivity contribution is -0.387. The number of carbonyl (C=O) groups excluding carboxylic acids is 1. The average Bonchev–Trinajstić information content (AvgIpc) is 2.42. The fourth-order valence-corrected chi connectivity index (χ4v) is 2.42. The van der Waals surface area contributed by atoms with E-state index >= 15 is 0 Å². The van der Waals surface area contributed by atoms with E-state index in [0.717, 1.165) is 23.9 Å². The molecular formula is C13H7F2NO3S. The van der Waals surface area contributed by atoms with Crippen LogP contribution in [0.4, 0.5) is 14.5 Å². The predicted molar refractivity (Wildman–Crippen MR) is 69.0 cm³/mol. The molecule has 4 nitrogen and oxygen atoms in total. The second-order valence-electron chi connectivity index (χ2n) is 3.78. The lowest BCUT2D eigenvalue weighted by atomic mass is 10.2. The first-order valence-electron chi connectivity index (χ1n) is 5.38. The van der Waals surface area contributed by atoms with Crippen LogP contribution < -0.4 is 0 Å². The number of aldehydes is 1. The molecule has 0 aliphatic carbocycles. The monoisotopic (exact) mass is 295 g/mol. The van der Waals surface area contributed by atoms with E-state index in [1.165, 1.54) is 18.2 Å². The van der Waals surface area contributed by atoms with Gasteiger partial charge in [0.05, 0.1) is 9.82 Å². The number of halogens is 2. The Hall–Kier alpha value is -2.28. The van der Waals surface area contributed by atoms with Gasteiger partial charge in [-0.2, -0.15) is 0 Å². The molecule has 2 rings (SSSR count). The van der Waals surface area contributed by atoms with Gasteiger partial charge >= 0.3 is 0 Å². The maximum Gasteiger partial charge on any atom is 0.283 e. The third kappa shape index (κ3) is 3.00. The van der Waals surface area contributed by atoms with Gasteiger partial charge in [-0.3, -0.25) is 14.9 Å². The number of nitrogens with zero attached hydrogens (tertiary/aromatic N) is 1. The van der Waals surface area contributed by atoms with Gasteiger partial charge < -0.3 is 0 Å². The van der Waals surface area contributed by atoms with Gasteiger partial charge in [0.25, 0.3) is 5.69 Å². The molecule has 0 bridgehead atoms. The first-order chi connectivity index (χ1) is 9.51. The fraction of sp³-hybridized carbons (Fsp3) is 0. The van der Waals surface area contributed by atoms with Gasteiger partial charge in [-0.15, -0.1) is 0 Å². The Labute approximate surface area is 116 Å². The Balaban J connectivity index is 2.42. The van der Waals surface area contributed by atoms with Crippen molar-refractivity contribution in [3.05, 3.63) is 63.7 Å². The molecule has 0 aliphatic rings. The highest BCUT2D eigenvalue weighted by Crippen LogP contribution is 2.36. The number of hydrogen-bond donors (Lipinski definition) is 0. The molecule has 2 aromatic carbocycles. The minimum Gasteiger partial charge on any atom is -0.298 e. The van der Waals surface area contributed by atoms with E-state index in [4.69, 9.17) is 0 Å². The predicted octanol–water partition coefficient (Wildman–Crippen LogP) is 3.84. The lowest BCUT2D eigenvalue weighted by Gasteiger charge is -2.05. The van der Waals surface area contributed by atoms with Gasteiger partial charge in [0.2, 0.25) is 0 Å². The first-order valence-corrected chi connectivity index (χ1v) is 6.19. The normalized spacial score (nSPS) is 10.3. The number of carbonyl (C=O) groups is 1. The molecular weight excluding hydrogens is 288 g/mol. The van der Waals surface area contributed by atoms with Gasteiger partial charge in [-0.25, -0.2) is 8.78 Å². The Kier molecular flexibility index (Phi) is 4.09. The first kappa shape index (κ1) is 14.1. The molecule has 2 aromatic rings. The fourth-order valence-electron chi connectivity index (χ4n) is 1.51. The number of rotatable bonds is 4. The van der Waals surface area contributed by atoms with E-state index in [0.29, 0.717) is 12.4 Å². The van der Waals surface area contributed by atoms with Crippen LogP contribution in [0.1, 0.15) is 10.4 Å². The summed E-state index contributed by atoms with van der Waals surface area (Å²) in [5.74, 6) is -1.53. The van der Waals surface area contributed by atoms with Crippen molar-refractivity contribution in [2.45, 2.75) is 9.79 Å². The van der Waals surface area contributed by atoms with Crippen LogP contribution in [-0.2, 0) is 0 Å². The largest absolute Gasteiger partial charge is 0.298 e. The van der Waals surface area contributed by atoms with Crippen LogP contribution in [0, 0.1) is 21.7 Å². The molecule has 0 aromatic heterocycles. The highest BCUT2D eigenvalue weighted by atomic mass is 32.2. The molecule has 0 saturated heterocycles. The molecule has 0 saturated carbocycles. The standard InChI is InChI=1S/C13H7F2NO3S/c14-9-2-4-12(10(15)6-9)20-13-3-1-8(7-17)5-11(13)16(18)19/h1-7H. The van der Waals surface area contributed by atoms with Crippen LogP contribution >= 0.6 is 11.8 Å². The SMILES string of the molecule is O=Cc1ccc(Sc2ccc(F)cc2F)c([N+](=O)[O-])c1.